The van der Waals surface area contributed by atoms with E-state index in [0.717, 1.165) is 10.8 Å². The summed E-state index contributed by atoms with van der Waals surface area (Å²) in [6, 6.07) is -1.06. The van der Waals surface area contributed by atoms with Crippen LogP contribution in [0.3, 0.4) is 0 Å². The molecule has 8 heteroatoms. The van der Waals surface area contributed by atoms with Gasteiger partial charge < -0.3 is 15.4 Å². The van der Waals surface area contributed by atoms with E-state index in [-0.39, 0.29) is 12.0 Å². The van der Waals surface area contributed by atoms with Crippen LogP contribution in [0.25, 0.3) is 0 Å². The lowest BCUT2D eigenvalue weighted by molar-refractivity contribution is -0.139. The van der Waals surface area contributed by atoms with Gasteiger partial charge in [-0.15, -0.1) is 0 Å². The second kappa shape index (κ2) is 5.98. The molecule has 0 radical (unpaired) electrons. The van der Waals surface area contributed by atoms with Crippen LogP contribution in [0.15, 0.2) is 15.8 Å². The number of carboxylic acids is 1. The molecule has 0 aliphatic carbocycles. The van der Waals surface area contributed by atoms with Crippen molar-refractivity contribution in [1.82, 2.24) is 14.9 Å². The summed E-state index contributed by atoms with van der Waals surface area (Å²) in [4.78, 5) is 47.7. The second-order valence-electron chi connectivity index (χ2n) is 4.02. The topological polar surface area (TPSA) is 121 Å². The highest BCUT2D eigenvalue weighted by Crippen LogP contribution is 1.98. The van der Waals surface area contributed by atoms with Crippen LogP contribution in [-0.2, 0) is 11.8 Å². The molecule has 0 spiro atoms. The summed E-state index contributed by atoms with van der Waals surface area (Å²) in [5.74, 6) is -1.99. The number of H-pyrrole nitrogens is 1. The van der Waals surface area contributed by atoms with Gasteiger partial charge in [0, 0.05) is 13.2 Å². The Labute approximate surface area is 108 Å². The highest BCUT2D eigenvalue weighted by molar-refractivity contribution is 5.95. The Morgan fingerprint density at radius 3 is 2.63 bits per heavy atom. The van der Waals surface area contributed by atoms with Gasteiger partial charge in [-0.1, -0.05) is 13.3 Å². The molecule has 0 saturated carbocycles. The van der Waals surface area contributed by atoms with E-state index in [1.54, 1.807) is 6.92 Å². The van der Waals surface area contributed by atoms with Gasteiger partial charge in [-0.05, 0) is 6.42 Å². The molecule has 19 heavy (non-hydrogen) atoms. The predicted octanol–water partition coefficient (Wildman–Crippen LogP) is -0.943. The molecular formula is C11H15N3O5. The molecule has 8 nitrogen and oxygen atoms in total. The minimum Gasteiger partial charge on any atom is -0.480 e. The minimum atomic E-state index is -1.17. The SMILES string of the molecule is CCCC(NC(=O)c1c[nH]c(=O)n(C)c1=O)C(=O)O. The summed E-state index contributed by atoms with van der Waals surface area (Å²) in [6.45, 7) is 1.78. The van der Waals surface area contributed by atoms with E-state index in [0.29, 0.717) is 6.42 Å². The second-order valence-corrected chi connectivity index (χ2v) is 4.02. The van der Waals surface area contributed by atoms with E-state index in [4.69, 9.17) is 5.11 Å². The first kappa shape index (κ1) is 14.7. The lowest BCUT2D eigenvalue weighted by atomic mass is 10.1. The Hall–Kier alpha value is -2.38. The van der Waals surface area contributed by atoms with Crippen molar-refractivity contribution in [3.05, 3.63) is 32.6 Å². The largest absolute Gasteiger partial charge is 0.480 e. The molecule has 1 rings (SSSR count). The summed E-state index contributed by atoms with van der Waals surface area (Å²) in [6.07, 6.45) is 1.80. The number of nitrogens with one attached hydrogen (secondary N) is 2. The summed E-state index contributed by atoms with van der Waals surface area (Å²) in [5, 5.41) is 11.2. The number of nitrogens with zero attached hydrogens (tertiary/aromatic N) is 1. The average molecular weight is 269 g/mol. The normalized spacial score (nSPS) is 11.9. The number of hydrogen-bond donors (Lipinski definition) is 3. The van der Waals surface area contributed by atoms with Gasteiger partial charge in [-0.3, -0.25) is 14.2 Å². The molecule has 0 bridgehead atoms. The fourth-order valence-electron chi connectivity index (χ4n) is 1.51. The molecule has 0 fully saturated rings. The molecule has 3 N–H and O–H groups in total. The number of carboxylic acid groups (broad SMARTS) is 1. The quantitative estimate of drug-likeness (QED) is 0.636. The van der Waals surface area contributed by atoms with Crippen LogP contribution in [0.5, 0.6) is 0 Å². The first-order valence-corrected chi connectivity index (χ1v) is 5.70. The number of rotatable bonds is 5. The number of aromatic nitrogens is 2. The van der Waals surface area contributed by atoms with E-state index in [1.807, 2.05) is 0 Å². The van der Waals surface area contributed by atoms with Gasteiger partial charge in [0.2, 0.25) is 0 Å². The Bertz CT molecular complexity index is 601. The van der Waals surface area contributed by atoms with Crippen LogP contribution >= 0.6 is 0 Å². The van der Waals surface area contributed by atoms with E-state index >= 15 is 0 Å². The number of aromatic amines is 1. The predicted molar refractivity (Wildman–Crippen MR) is 66.1 cm³/mol. The zero-order chi connectivity index (χ0) is 14.6. The van der Waals surface area contributed by atoms with Crippen molar-refractivity contribution in [3.8, 4) is 0 Å². The number of carbonyl (C=O) groups is 2. The third-order valence-electron chi connectivity index (χ3n) is 2.61. The molecule has 1 amide bonds. The van der Waals surface area contributed by atoms with Crippen molar-refractivity contribution in [2.75, 3.05) is 0 Å². The molecule has 1 aromatic heterocycles. The minimum absolute atomic E-state index is 0.255. The van der Waals surface area contributed by atoms with Gasteiger partial charge in [0.1, 0.15) is 11.6 Å². The van der Waals surface area contributed by atoms with E-state index < -0.39 is 29.2 Å². The highest BCUT2D eigenvalue weighted by Gasteiger charge is 2.21. The molecule has 0 aliphatic rings. The molecule has 1 aromatic rings. The van der Waals surface area contributed by atoms with E-state index in [1.165, 1.54) is 7.05 Å². The van der Waals surface area contributed by atoms with Gasteiger partial charge in [-0.25, -0.2) is 9.59 Å². The number of aliphatic carboxylic acids is 1. The van der Waals surface area contributed by atoms with Gasteiger partial charge >= 0.3 is 11.7 Å². The number of hydrogen-bond acceptors (Lipinski definition) is 4. The third-order valence-corrected chi connectivity index (χ3v) is 2.61. The molecular weight excluding hydrogens is 254 g/mol. The maximum absolute atomic E-state index is 11.8. The smallest absolute Gasteiger partial charge is 0.328 e. The van der Waals surface area contributed by atoms with Crippen molar-refractivity contribution in [2.24, 2.45) is 7.05 Å². The zero-order valence-electron chi connectivity index (χ0n) is 10.6. The van der Waals surface area contributed by atoms with Crippen LogP contribution in [0.4, 0.5) is 0 Å². The molecule has 0 aromatic carbocycles. The van der Waals surface area contributed by atoms with Crippen LogP contribution < -0.4 is 16.6 Å². The molecule has 104 valence electrons. The Kier molecular flexibility index (Phi) is 4.62. The lowest BCUT2D eigenvalue weighted by Gasteiger charge is -2.13. The molecule has 0 aliphatic heterocycles. The van der Waals surface area contributed by atoms with E-state index in [2.05, 4.69) is 10.3 Å². The monoisotopic (exact) mass is 269 g/mol. The van der Waals surface area contributed by atoms with Crippen LogP contribution in [0.2, 0.25) is 0 Å². The van der Waals surface area contributed by atoms with Crippen LogP contribution in [0.1, 0.15) is 30.1 Å². The Morgan fingerprint density at radius 1 is 1.47 bits per heavy atom. The van der Waals surface area contributed by atoms with Gasteiger partial charge in [0.15, 0.2) is 0 Å². The van der Waals surface area contributed by atoms with Crippen LogP contribution in [-0.4, -0.2) is 32.6 Å². The molecule has 1 heterocycles. The first-order chi connectivity index (χ1) is 8.88. The maximum atomic E-state index is 11.8. The van der Waals surface area contributed by atoms with Crippen molar-refractivity contribution in [1.29, 1.82) is 0 Å². The van der Waals surface area contributed by atoms with Gasteiger partial charge in [-0.2, -0.15) is 0 Å². The summed E-state index contributed by atoms with van der Waals surface area (Å²) in [5.41, 5.74) is -1.73. The fraction of sp³-hybridized carbons (Fsp3) is 0.455. The Balaban J connectivity index is 3.02. The molecule has 0 saturated heterocycles. The number of carbonyl (C=O) groups excluding carboxylic acids is 1. The van der Waals surface area contributed by atoms with E-state index in [9.17, 15) is 19.2 Å². The van der Waals surface area contributed by atoms with Crippen molar-refractivity contribution in [3.63, 3.8) is 0 Å². The van der Waals surface area contributed by atoms with Crippen molar-refractivity contribution < 1.29 is 14.7 Å². The highest BCUT2D eigenvalue weighted by atomic mass is 16.4. The zero-order valence-corrected chi connectivity index (χ0v) is 10.6. The first-order valence-electron chi connectivity index (χ1n) is 5.70. The summed E-state index contributed by atoms with van der Waals surface area (Å²) >= 11 is 0. The van der Waals surface area contributed by atoms with Crippen molar-refractivity contribution in [2.45, 2.75) is 25.8 Å². The summed E-state index contributed by atoms with van der Waals surface area (Å²) < 4.78 is 0.741. The van der Waals surface area contributed by atoms with Gasteiger partial charge in [0.25, 0.3) is 11.5 Å². The fourth-order valence-corrected chi connectivity index (χ4v) is 1.51. The average Bonchev–Trinajstić information content (AvgIpc) is 2.35. The third kappa shape index (κ3) is 3.30. The molecule has 1 unspecified atom stereocenters. The lowest BCUT2D eigenvalue weighted by Crippen LogP contribution is -2.44. The molecule has 1 atom stereocenters. The standard InChI is InChI=1S/C11H15N3O5/c1-3-4-7(10(17)18)13-8(15)6-5-12-11(19)14(2)9(6)16/h5,7H,3-4H2,1-2H3,(H,12,19)(H,13,15)(H,17,18). The van der Waals surface area contributed by atoms with Gasteiger partial charge in [0.05, 0.1) is 0 Å². The van der Waals surface area contributed by atoms with Crippen molar-refractivity contribution >= 4 is 11.9 Å². The Morgan fingerprint density at radius 2 is 2.11 bits per heavy atom. The summed E-state index contributed by atoms with van der Waals surface area (Å²) in [7, 11) is 1.22. The maximum Gasteiger partial charge on any atom is 0.328 e. The number of amides is 1. The van der Waals surface area contributed by atoms with Crippen LogP contribution in [0, 0.1) is 0 Å².